The van der Waals surface area contributed by atoms with Crippen LogP contribution in [0.3, 0.4) is 0 Å². The quantitative estimate of drug-likeness (QED) is 0.840. The molecule has 2 fully saturated rings. The van der Waals surface area contributed by atoms with Crippen LogP contribution in [-0.2, 0) is 11.3 Å². The first kappa shape index (κ1) is 13.6. The van der Waals surface area contributed by atoms with Gasteiger partial charge in [-0.15, -0.1) is 0 Å². The number of ketones is 1. The predicted octanol–water partition coefficient (Wildman–Crippen LogP) is 2.42. The molecule has 3 unspecified atom stereocenters. The van der Waals surface area contributed by atoms with E-state index in [4.69, 9.17) is 0 Å². The third-order valence-corrected chi connectivity index (χ3v) is 6.25. The highest BCUT2D eigenvalue weighted by Crippen LogP contribution is 2.52. The molecule has 5 heteroatoms. The average Bonchev–Trinajstić information content (AvgIpc) is 3.11. The van der Waals surface area contributed by atoms with Gasteiger partial charge in [-0.05, 0) is 42.9 Å². The predicted molar refractivity (Wildman–Crippen MR) is 85.8 cm³/mol. The molecular formula is C16H21N3OS. The lowest BCUT2D eigenvalue weighted by atomic mass is 9.85. The van der Waals surface area contributed by atoms with Crippen LogP contribution in [0.4, 0.5) is 5.69 Å². The molecular weight excluding hydrogens is 282 g/mol. The molecule has 0 aromatic heterocycles. The average molecular weight is 303 g/mol. The van der Waals surface area contributed by atoms with Crippen LogP contribution in [0.5, 0.6) is 0 Å². The molecule has 4 nitrogen and oxygen atoms in total. The van der Waals surface area contributed by atoms with Crippen molar-refractivity contribution in [3.8, 4) is 0 Å². The Morgan fingerprint density at radius 1 is 1.38 bits per heavy atom. The van der Waals surface area contributed by atoms with Crippen molar-refractivity contribution >= 4 is 23.4 Å². The summed E-state index contributed by atoms with van der Waals surface area (Å²) in [6, 6.07) is 7.04. The van der Waals surface area contributed by atoms with Crippen LogP contribution in [-0.4, -0.2) is 18.1 Å². The van der Waals surface area contributed by atoms with Crippen LogP contribution >= 0.6 is 11.9 Å². The Morgan fingerprint density at radius 2 is 2.19 bits per heavy atom. The number of carbonyl (C=O) groups is 1. The number of anilines is 1. The monoisotopic (exact) mass is 303 g/mol. The van der Waals surface area contributed by atoms with Gasteiger partial charge in [0.1, 0.15) is 5.78 Å². The zero-order valence-electron chi connectivity index (χ0n) is 12.4. The van der Waals surface area contributed by atoms with E-state index in [0.717, 1.165) is 12.5 Å². The van der Waals surface area contributed by atoms with Crippen molar-refractivity contribution in [2.24, 2.45) is 11.8 Å². The molecule has 112 valence electrons. The largest absolute Gasteiger partial charge is 0.311 e. The number of hydrazine groups is 1. The first-order valence-electron chi connectivity index (χ1n) is 7.67. The van der Waals surface area contributed by atoms with Crippen LogP contribution < -0.4 is 15.2 Å². The summed E-state index contributed by atoms with van der Waals surface area (Å²) in [5, 5.41) is 2.21. The molecule has 0 amide bonds. The maximum atomic E-state index is 11.9. The van der Waals surface area contributed by atoms with E-state index in [1.807, 2.05) is 0 Å². The first-order chi connectivity index (χ1) is 10.1. The molecule has 0 spiro atoms. The van der Waals surface area contributed by atoms with Gasteiger partial charge in [0.2, 0.25) is 0 Å². The lowest BCUT2D eigenvalue weighted by molar-refractivity contribution is -0.117. The van der Waals surface area contributed by atoms with Crippen molar-refractivity contribution in [3.63, 3.8) is 0 Å². The summed E-state index contributed by atoms with van der Waals surface area (Å²) in [6.45, 7) is 2.64. The molecule has 21 heavy (non-hydrogen) atoms. The molecule has 1 aromatic carbocycles. The summed E-state index contributed by atoms with van der Waals surface area (Å²) in [5.74, 6) is 1.48. The first-order valence-corrected chi connectivity index (χ1v) is 8.55. The molecule has 1 aromatic rings. The van der Waals surface area contributed by atoms with E-state index in [1.165, 1.54) is 29.7 Å². The van der Waals surface area contributed by atoms with E-state index >= 15 is 0 Å². The second-order valence-corrected chi connectivity index (χ2v) is 7.42. The van der Waals surface area contributed by atoms with Gasteiger partial charge in [0.25, 0.3) is 0 Å². The molecule has 2 aliphatic heterocycles. The number of carbonyl (C=O) groups excluding carboxylic acids is 1. The molecule has 2 heterocycles. The van der Waals surface area contributed by atoms with Gasteiger partial charge in [0.15, 0.2) is 0 Å². The fraction of sp³-hybridized carbons (Fsp3) is 0.562. The summed E-state index contributed by atoms with van der Waals surface area (Å²) in [7, 11) is 2.06. The SMILES string of the molecule is CC(=O)C1SNC(c2ccc3c(c2)N(C)NC3)C1C1CC1. The van der Waals surface area contributed by atoms with E-state index in [2.05, 4.69) is 40.4 Å². The van der Waals surface area contributed by atoms with Crippen LogP contribution in [0.25, 0.3) is 0 Å². The Bertz CT molecular complexity index is 587. The fourth-order valence-electron chi connectivity index (χ4n) is 3.65. The highest BCUT2D eigenvalue weighted by Gasteiger charge is 2.48. The van der Waals surface area contributed by atoms with Gasteiger partial charge in [-0.2, -0.15) is 0 Å². The van der Waals surface area contributed by atoms with Crippen molar-refractivity contribution < 1.29 is 4.79 Å². The standard InChI is InChI=1S/C16H21N3OS/c1-9(20)16-14(10-3-4-10)15(18-21-16)11-5-6-12-8-17-19(2)13(12)7-11/h5-7,10,14-18H,3-4,8H2,1-2H3. The Morgan fingerprint density at radius 3 is 2.90 bits per heavy atom. The summed E-state index contributed by atoms with van der Waals surface area (Å²) < 4.78 is 3.54. The van der Waals surface area contributed by atoms with Crippen molar-refractivity contribution in [3.05, 3.63) is 29.3 Å². The minimum absolute atomic E-state index is 0.117. The topological polar surface area (TPSA) is 44.4 Å². The number of nitrogens with one attached hydrogen (secondary N) is 2. The zero-order valence-corrected chi connectivity index (χ0v) is 13.2. The molecule has 4 rings (SSSR count). The van der Waals surface area contributed by atoms with E-state index in [1.54, 1.807) is 18.9 Å². The summed E-state index contributed by atoms with van der Waals surface area (Å²) in [5.41, 5.74) is 7.26. The number of hydrogen-bond acceptors (Lipinski definition) is 5. The fourth-order valence-corrected chi connectivity index (χ4v) is 4.94. The maximum Gasteiger partial charge on any atom is 0.144 e. The molecule has 0 bridgehead atoms. The minimum atomic E-state index is 0.117. The number of rotatable bonds is 3. The molecule has 0 radical (unpaired) electrons. The van der Waals surface area contributed by atoms with Gasteiger partial charge >= 0.3 is 0 Å². The Balaban J connectivity index is 1.66. The van der Waals surface area contributed by atoms with Crippen LogP contribution in [0.1, 0.15) is 36.9 Å². The third kappa shape index (κ3) is 2.28. The van der Waals surface area contributed by atoms with Crippen LogP contribution in [0, 0.1) is 11.8 Å². The highest BCUT2D eigenvalue weighted by atomic mass is 32.2. The number of Topliss-reactive ketones (excluding diaryl/α,β-unsaturated/α-hetero) is 1. The van der Waals surface area contributed by atoms with Crippen LogP contribution in [0.15, 0.2) is 18.2 Å². The van der Waals surface area contributed by atoms with Gasteiger partial charge in [0.05, 0.1) is 10.9 Å². The van der Waals surface area contributed by atoms with Crippen LogP contribution in [0.2, 0.25) is 0 Å². The molecule has 2 N–H and O–H groups in total. The van der Waals surface area contributed by atoms with Crippen molar-refractivity contribution in [2.75, 3.05) is 12.1 Å². The van der Waals surface area contributed by atoms with Gasteiger partial charge < -0.3 is 5.01 Å². The van der Waals surface area contributed by atoms with Gasteiger partial charge in [-0.3, -0.25) is 9.52 Å². The Kier molecular flexibility index (Phi) is 3.24. The van der Waals surface area contributed by atoms with E-state index < -0.39 is 0 Å². The Hall–Kier alpha value is -1.04. The number of nitrogens with zero attached hydrogens (tertiary/aromatic N) is 1. The summed E-state index contributed by atoms with van der Waals surface area (Å²) >= 11 is 1.64. The zero-order chi connectivity index (χ0) is 14.6. The number of hydrogen-bond donors (Lipinski definition) is 2. The van der Waals surface area contributed by atoms with Crippen molar-refractivity contribution in [1.82, 2.24) is 10.1 Å². The maximum absolute atomic E-state index is 11.9. The lowest BCUT2D eigenvalue weighted by Gasteiger charge is -2.23. The summed E-state index contributed by atoms with van der Waals surface area (Å²) in [6.07, 6.45) is 2.55. The van der Waals surface area contributed by atoms with Crippen molar-refractivity contribution in [1.29, 1.82) is 0 Å². The second kappa shape index (κ2) is 5.00. The molecule has 1 saturated heterocycles. The molecule has 3 atom stereocenters. The van der Waals surface area contributed by atoms with Crippen molar-refractivity contribution in [2.45, 2.75) is 37.6 Å². The number of benzene rings is 1. The van der Waals surface area contributed by atoms with E-state index in [9.17, 15) is 4.79 Å². The minimum Gasteiger partial charge on any atom is -0.311 e. The lowest BCUT2D eigenvalue weighted by Crippen LogP contribution is -2.27. The highest BCUT2D eigenvalue weighted by molar-refractivity contribution is 7.99. The summed E-state index contributed by atoms with van der Waals surface area (Å²) in [4.78, 5) is 11.9. The number of fused-ring (bicyclic) bond motifs is 1. The van der Waals surface area contributed by atoms with Gasteiger partial charge in [0, 0.05) is 25.6 Å². The third-order valence-electron chi connectivity index (χ3n) is 4.96. The molecule has 1 saturated carbocycles. The van der Waals surface area contributed by atoms with E-state index in [-0.39, 0.29) is 5.25 Å². The molecule has 3 aliphatic rings. The smallest absolute Gasteiger partial charge is 0.144 e. The van der Waals surface area contributed by atoms with Gasteiger partial charge in [-0.1, -0.05) is 24.1 Å². The normalized spacial score (nSPS) is 31.5. The van der Waals surface area contributed by atoms with E-state index in [0.29, 0.717) is 17.7 Å². The second-order valence-electron chi connectivity index (χ2n) is 6.44. The Labute approximate surface area is 129 Å². The molecule has 1 aliphatic carbocycles. The van der Waals surface area contributed by atoms with Gasteiger partial charge in [-0.25, -0.2) is 5.43 Å².